The molecule has 0 spiro atoms. The molecule has 0 saturated carbocycles. The molecule has 1 amide bonds. The van der Waals surface area contributed by atoms with E-state index >= 15 is 0 Å². The van der Waals surface area contributed by atoms with Crippen molar-refractivity contribution in [1.82, 2.24) is 9.55 Å². The Labute approximate surface area is 150 Å². The van der Waals surface area contributed by atoms with Crippen LogP contribution in [0, 0.1) is 0 Å². The first-order valence-corrected chi connectivity index (χ1v) is 8.23. The lowest BCUT2D eigenvalue weighted by Gasteiger charge is -2.10. The highest BCUT2D eigenvalue weighted by Crippen LogP contribution is 2.27. The molecule has 5 nitrogen and oxygen atoms in total. The summed E-state index contributed by atoms with van der Waals surface area (Å²) in [4.78, 5) is 17.4. The molecular formula is C21H17N3O2. The van der Waals surface area contributed by atoms with Crippen molar-refractivity contribution in [2.45, 2.75) is 0 Å². The van der Waals surface area contributed by atoms with E-state index in [1.165, 1.54) is 0 Å². The topological polar surface area (TPSA) is 56.1 Å². The van der Waals surface area contributed by atoms with Gasteiger partial charge in [0.2, 0.25) is 0 Å². The third-order valence-electron chi connectivity index (χ3n) is 4.15. The van der Waals surface area contributed by atoms with Crippen LogP contribution < -0.4 is 10.1 Å². The first-order valence-electron chi connectivity index (χ1n) is 8.23. The van der Waals surface area contributed by atoms with Gasteiger partial charge in [-0.3, -0.25) is 9.36 Å². The van der Waals surface area contributed by atoms with E-state index in [0.717, 1.165) is 22.3 Å². The molecular weight excluding hydrogens is 326 g/mol. The average Bonchev–Trinajstić information content (AvgIpc) is 3.08. The monoisotopic (exact) mass is 343 g/mol. The quantitative estimate of drug-likeness (QED) is 0.601. The summed E-state index contributed by atoms with van der Waals surface area (Å²) >= 11 is 0. The normalized spacial score (nSPS) is 10.7. The molecule has 0 aliphatic rings. The Morgan fingerprint density at radius 3 is 2.54 bits per heavy atom. The molecule has 0 aliphatic heterocycles. The highest BCUT2D eigenvalue weighted by atomic mass is 16.5. The number of carbonyl (C=O) groups is 1. The van der Waals surface area contributed by atoms with Crippen molar-refractivity contribution >= 4 is 22.5 Å². The molecule has 4 aromatic rings. The zero-order valence-corrected chi connectivity index (χ0v) is 14.2. The van der Waals surface area contributed by atoms with Crippen LogP contribution in [-0.2, 0) is 0 Å². The number of methoxy groups -OCH3 is 1. The summed E-state index contributed by atoms with van der Waals surface area (Å²) in [5, 5.41) is 3.85. The van der Waals surface area contributed by atoms with E-state index in [0.29, 0.717) is 11.5 Å². The second-order valence-electron chi connectivity index (χ2n) is 5.80. The summed E-state index contributed by atoms with van der Waals surface area (Å²) in [6.45, 7) is 0. The average molecular weight is 343 g/mol. The minimum absolute atomic E-state index is 0.197. The van der Waals surface area contributed by atoms with E-state index in [2.05, 4.69) is 10.3 Å². The van der Waals surface area contributed by atoms with Gasteiger partial charge in [-0.15, -0.1) is 0 Å². The molecule has 0 radical (unpaired) electrons. The van der Waals surface area contributed by atoms with Crippen LogP contribution in [0.25, 0.3) is 16.7 Å². The Morgan fingerprint density at radius 1 is 1.00 bits per heavy atom. The number of ether oxygens (including phenoxy) is 1. The Balaban J connectivity index is 1.86. The van der Waals surface area contributed by atoms with Gasteiger partial charge >= 0.3 is 0 Å². The number of amides is 1. The van der Waals surface area contributed by atoms with Gasteiger partial charge in [-0.05, 0) is 48.5 Å². The van der Waals surface area contributed by atoms with Crippen LogP contribution in [0.3, 0.4) is 0 Å². The molecule has 26 heavy (non-hydrogen) atoms. The van der Waals surface area contributed by atoms with Crippen molar-refractivity contribution in [3.05, 3.63) is 84.7 Å². The fourth-order valence-electron chi connectivity index (χ4n) is 2.94. The number of pyridine rings is 1. The molecule has 0 saturated heterocycles. The SMILES string of the molecule is COc1ccc2c(c1)cc(C(=O)Nc1ccccc1)n2-c1ccccn1. The highest BCUT2D eigenvalue weighted by Gasteiger charge is 2.18. The summed E-state index contributed by atoms with van der Waals surface area (Å²) < 4.78 is 7.16. The van der Waals surface area contributed by atoms with Crippen LogP contribution in [0.4, 0.5) is 5.69 Å². The van der Waals surface area contributed by atoms with Gasteiger partial charge in [0.15, 0.2) is 0 Å². The number of hydrogen-bond donors (Lipinski definition) is 1. The second-order valence-corrected chi connectivity index (χ2v) is 5.80. The summed E-state index contributed by atoms with van der Waals surface area (Å²) in [6.07, 6.45) is 1.71. The highest BCUT2D eigenvalue weighted by molar-refractivity contribution is 6.07. The van der Waals surface area contributed by atoms with E-state index in [-0.39, 0.29) is 5.91 Å². The van der Waals surface area contributed by atoms with Gasteiger partial charge in [-0.1, -0.05) is 24.3 Å². The van der Waals surface area contributed by atoms with Gasteiger partial charge in [0.05, 0.1) is 12.6 Å². The van der Waals surface area contributed by atoms with Crippen molar-refractivity contribution in [3.63, 3.8) is 0 Å². The van der Waals surface area contributed by atoms with Gasteiger partial charge < -0.3 is 10.1 Å². The largest absolute Gasteiger partial charge is 0.497 e. The standard InChI is InChI=1S/C21H17N3O2/c1-26-17-10-11-18-15(13-17)14-19(24(18)20-9-5-6-12-22-20)21(25)23-16-7-3-2-4-8-16/h2-14H,1H3,(H,23,25). The van der Waals surface area contributed by atoms with Crippen LogP contribution in [0.2, 0.25) is 0 Å². The fourth-order valence-corrected chi connectivity index (χ4v) is 2.94. The Bertz CT molecular complexity index is 1060. The summed E-state index contributed by atoms with van der Waals surface area (Å²) in [5.74, 6) is 1.23. The number of rotatable bonds is 4. The van der Waals surface area contributed by atoms with Crippen LogP contribution in [0.5, 0.6) is 5.75 Å². The van der Waals surface area contributed by atoms with E-state index in [4.69, 9.17) is 4.74 Å². The molecule has 128 valence electrons. The van der Waals surface area contributed by atoms with E-state index in [9.17, 15) is 4.79 Å². The Kier molecular flexibility index (Phi) is 4.11. The van der Waals surface area contributed by atoms with Crippen molar-refractivity contribution < 1.29 is 9.53 Å². The number of benzene rings is 2. The Hall–Kier alpha value is -3.60. The van der Waals surface area contributed by atoms with Crippen LogP contribution in [0.15, 0.2) is 79.0 Å². The van der Waals surface area contributed by atoms with E-state index < -0.39 is 0 Å². The molecule has 4 rings (SSSR count). The number of hydrogen-bond acceptors (Lipinski definition) is 3. The Morgan fingerprint density at radius 2 is 1.81 bits per heavy atom. The maximum atomic E-state index is 12.9. The van der Waals surface area contributed by atoms with Gasteiger partial charge in [0, 0.05) is 17.3 Å². The number of nitrogens with one attached hydrogen (secondary N) is 1. The number of anilines is 1. The van der Waals surface area contributed by atoms with E-state index in [1.54, 1.807) is 13.3 Å². The zero-order valence-electron chi connectivity index (χ0n) is 14.2. The number of carbonyl (C=O) groups excluding carboxylic acids is 1. The maximum Gasteiger partial charge on any atom is 0.272 e. The predicted molar refractivity (Wildman–Crippen MR) is 102 cm³/mol. The number of para-hydroxylation sites is 1. The number of fused-ring (bicyclic) bond motifs is 1. The predicted octanol–water partition coefficient (Wildman–Crippen LogP) is 4.29. The van der Waals surface area contributed by atoms with Crippen LogP contribution in [-0.4, -0.2) is 22.6 Å². The van der Waals surface area contributed by atoms with Crippen molar-refractivity contribution in [2.75, 3.05) is 12.4 Å². The second kappa shape index (κ2) is 6.72. The molecule has 5 heteroatoms. The van der Waals surface area contributed by atoms with Crippen molar-refractivity contribution in [1.29, 1.82) is 0 Å². The molecule has 2 aromatic heterocycles. The smallest absolute Gasteiger partial charge is 0.272 e. The maximum absolute atomic E-state index is 12.9. The van der Waals surface area contributed by atoms with Crippen LogP contribution >= 0.6 is 0 Å². The van der Waals surface area contributed by atoms with Crippen molar-refractivity contribution in [3.8, 4) is 11.6 Å². The number of aromatic nitrogens is 2. The molecule has 1 N–H and O–H groups in total. The van der Waals surface area contributed by atoms with Gasteiger partial charge in [0.1, 0.15) is 17.3 Å². The molecule has 0 atom stereocenters. The van der Waals surface area contributed by atoms with Gasteiger partial charge in [-0.25, -0.2) is 4.98 Å². The summed E-state index contributed by atoms with van der Waals surface area (Å²) in [7, 11) is 1.62. The molecule has 2 heterocycles. The fraction of sp³-hybridized carbons (Fsp3) is 0.0476. The summed E-state index contributed by atoms with van der Waals surface area (Å²) in [6, 6.07) is 22.6. The first-order chi connectivity index (χ1) is 12.8. The summed E-state index contributed by atoms with van der Waals surface area (Å²) in [5.41, 5.74) is 2.14. The van der Waals surface area contributed by atoms with E-state index in [1.807, 2.05) is 77.4 Å². The third-order valence-corrected chi connectivity index (χ3v) is 4.15. The minimum Gasteiger partial charge on any atom is -0.497 e. The van der Waals surface area contributed by atoms with Crippen LogP contribution in [0.1, 0.15) is 10.5 Å². The lowest BCUT2D eigenvalue weighted by Crippen LogP contribution is -2.16. The lowest BCUT2D eigenvalue weighted by atomic mass is 10.2. The van der Waals surface area contributed by atoms with Gasteiger partial charge in [-0.2, -0.15) is 0 Å². The van der Waals surface area contributed by atoms with Crippen molar-refractivity contribution in [2.24, 2.45) is 0 Å². The molecule has 0 fully saturated rings. The molecule has 0 unspecified atom stereocenters. The van der Waals surface area contributed by atoms with Gasteiger partial charge in [0.25, 0.3) is 5.91 Å². The zero-order chi connectivity index (χ0) is 17.9. The molecule has 0 bridgehead atoms. The first kappa shape index (κ1) is 15.9. The number of nitrogens with zero attached hydrogens (tertiary/aromatic N) is 2. The molecule has 0 aliphatic carbocycles. The minimum atomic E-state index is -0.197. The third kappa shape index (κ3) is 2.91. The lowest BCUT2D eigenvalue weighted by molar-refractivity contribution is 0.102. The molecule has 2 aromatic carbocycles.